The van der Waals surface area contributed by atoms with Crippen molar-refractivity contribution in [1.82, 2.24) is 0 Å². The van der Waals surface area contributed by atoms with E-state index in [1.807, 2.05) is 108 Å². The molecular weight excluding hydrogens is 1910 g/mol. The van der Waals surface area contributed by atoms with Crippen molar-refractivity contribution in [1.29, 1.82) is 0 Å². The Morgan fingerprint density at radius 3 is 1.09 bits per heavy atom. The van der Waals surface area contributed by atoms with E-state index in [0.29, 0.717) is 9.55 Å². The van der Waals surface area contributed by atoms with Crippen LogP contribution in [0.1, 0.15) is 225 Å². The SMILES string of the molecule is Brc1ccccc1.Brc1cccs1.C.C.C.CC1(C)OB(c2cc3ccccc3s2)OC1(C)C.CC1(C)OB(c2cccs2)OC1(C)C.CCCCCCc1csc(B(C)O)c1.CCCCCCc1csc(B2OC(C)(C)C(C)(C)O2)c1.CCCCCCc1csc(Br)c1.Cc1cc2ccccc2s1.OB(O)c1cc2ccccc2s1.OB(O)c1cccs1. The Balaban J connectivity index is 0.000000293. The van der Waals surface area contributed by atoms with Crippen molar-refractivity contribution in [3.63, 3.8) is 0 Å². The number of halogens is 3. The van der Waals surface area contributed by atoms with Crippen molar-refractivity contribution < 1.29 is 53.0 Å². The van der Waals surface area contributed by atoms with Crippen LogP contribution in [-0.2, 0) is 47.2 Å². The third kappa shape index (κ3) is 37.5. The molecule has 3 aliphatic rings. The number of hydrogen-bond donors (Lipinski definition) is 5. The fraction of sp³-hybridized carbons (Fsp3) is 0.432. The van der Waals surface area contributed by atoms with E-state index in [4.69, 9.17) is 48.0 Å². The zero-order valence-electron chi connectivity index (χ0n) is 73.3. The molecule has 0 unspecified atom stereocenters. The number of unbranched alkanes of at least 4 members (excludes halogenated alkanes) is 9. The van der Waals surface area contributed by atoms with Crippen LogP contribution in [0, 0.1) is 6.92 Å². The number of hydrogen-bond acceptors (Lipinski definition) is 20. The van der Waals surface area contributed by atoms with E-state index in [1.165, 1.54) is 173 Å². The fourth-order valence-electron chi connectivity index (χ4n) is 11.9. The van der Waals surface area contributed by atoms with Crippen LogP contribution in [-0.4, -0.2) is 101 Å². The molecule has 13 aromatic rings. The number of aryl methyl sites for hydroxylation is 4. The minimum Gasteiger partial charge on any atom is -0.446 e. The highest BCUT2D eigenvalue weighted by atomic mass is 79.9. The molecule has 3 saturated heterocycles. The first kappa shape index (κ1) is 113. The summed E-state index contributed by atoms with van der Waals surface area (Å²) in [5.41, 5.74) is 2.80. The maximum atomic E-state index is 9.36. The molecule has 12 heterocycles. The van der Waals surface area contributed by atoms with Gasteiger partial charge in [0.25, 0.3) is 0 Å². The maximum Gasteiger partial charge on any atom is 0.505 e. The topological polar surface area (TPSA) is 157 Å². The number of thiophene rings is 9. The first-order valence-electron chi connectivity index (χ1n) is 41.7. The highest BCUT2D eigenvalue weighted by Crippen LogP contribution is 2.40. The predicted molar refractivity (Wildman–Crippen MR) is 570 cm³/mol. The first-order valence-corrected chi connectivity index (χ1v) is 51.8. The van der Waals surface area contributed by atoms with Gasteiger partial charge in [-0.2, -0.15) is 45.3 Å². The Morgan fingerprint density at radius 1 is 0.331 bits per heavy atom. The minimum atomic E-state index is -1.35. The van der Waals surface area contributed by atoms with Crippen LogP contribution < -0.4 is 28.7 Å². The molecule has 672 valence electrons. The van der Waals surface area contributed by atoms with Gasteiger partial charge in [0.1, 0.15) is 0 Å². The Hall–Kier alpha value is -3.65. The first-order chi connectivity index (χ1) is 57.5. The summed E-state index contributed by atoms with van der Waals surface area (Å²) in [4.78, 5) is 1.39. The average Bonchev–Trinajstić information content (AvgIpc) is 1.63. The van der Waals surface area contributed by atoms with E-state index in [-0.39, 0.29) is 84.2 Å². The van der Waals surface area contributed by atoms with Crippen LogP contribution in [0.5, 0.6) is 0 Å². The fourth-order valence-corrected chi connectivity index (χ4v) is 20.3. The molecule has 11 nitrogen and oxygen atoms in total. The van der Waals surface area contributed by atoms with Gasteiger partial charge >= 0.3 is 42.5 Å². The van der Waals surface area contributed by atoms with Gasteiger partial charge in [0.05, 0.1) is 41.2 Å². The molecule has 4 aromatic carbocycles. The van der Waals surface area contributed by atoms with E-state index in [0.717, 1.165) is 28.9 Å². The van der Waals surface area contributed by atoms with Gasteiger partial charge in [-0.25, -0.2) is 0 Å². The summed E-state index contributed by atoms with van der Waals surface area (Å²) in [6.45, 7) is 35.4. The van der Waals surface area contributed by atoms with Crippen LogP contribution in [0.2, 0.25) is 6.82 Å². The molecule has 0 bridgehead atoms. The van der Waals surface area contributed by atoms with Crippen molar-refractivity contribution in [2.24, 2.45) is 0 Å². The molecular formula is C95H133B6Br3O11S9. The predicted octanol–water partition coefficient (Wildman–Crippen LogP) is 26.8. The van der Waals surface area contributed by atoms with Gasteiger partial charge in [-0.15, -0.1) is 56.7 Å². The molecule has 5 N–H and O–H groups in total. The lowest BCUT2D eigenvalue weighted by Gasteiger charge is -2.32. The Labute approximate surface area is 807 Å². The van der Waals surface area contributed by atoms with Crippen molar-refractivity contribution >= 4 is 251 Å². The van der Waals surface area contributed by atoms with Gasteiger partial charge in [-0.05, 0) is 292 Å². The quantitative estimate of drug-likeness (QED) is 0.0345. The molecule has 3 aliphatic heterocycles. The third-order valence-corrected chi connectivity index (χ3v) is 31.9. The van der Waals surface area contributed by atoms with Gasteiger partial charge in [-0.1, -0.05) is 233 Å². The lowest BCUT2D eigenvalue weighted by molar-refractivity contribution is 0.00578. The molecule has 0 saturated carbocycles. The summed E-state index contributed by atoms with van der Waals surface area (Å²) < 4.78 is 49.2. The lowest BCUT2D eigenvalue weighted by atomic mass is 9.70. The Bertz CT molecular complexity index is 4820. The Morgan fingerprint density at radius 2 is 0.726 bits per heavy atom. The molecule has 0 spiro atoms. The highest BCUT2D eigenvalue weighted by Gasteiger charge is 2.54. The molecule has 9 aromatic heterocycles. The number of benzene rings is 4. The lowest BCUT2D eigenvalue weighted by Crippen LogP contribution is -2.41. The van der Waals surface area contributed by atoms with Gasteiger partial charge in [0, 0.05) is 52.1 Å². The van der Waals surface area contributed by atoms with E-state index in [2.05, 4.69) is 254 Å². The van der Waals surface area contributed by atoms with Crippen molar-refractivity contribution in [3.05, 3.63) is 242 Å². The molecule has 124 heavy (non-hydrogen) atoms. The summed E-state index contributed by atoms with van der Waals surface area (Å²) in [5.74, 6) is 0. The number of rotatable bonds is 21. The summed E-state index contributed by atoms with van der Waals surface area (Å²) in [6.07, 6.45) is 19.5. The second-order valence-corrected chi connectivity index (χ2v) is 45.5. The summed E-state index contributed by atoms with van der Waals surface area (Å²) >= 11 is 25.0. The summed E-state index contributed by atoms with van der Waals surface area (Å²) in [7, 11) is -3.28. The van der Waals surface area contributed by atoms with Crippen molar-refractivity contribution in [3.8, 4) is 0 Å². The minimum absolute atomic E-state index is 0. The maximum absolute atomic E-state index is 9.36. The van der Waals surface area contributed by atoms with Gasteiger partial charge in [-0.3, -0.25) is 0 Å². The normalized spacial score (nSPS) is 14.8. The van der Waals surface area contributed by atoms with E-state index in [9.17, 15) is 5.02 Å². The van der Waals surface area contributed by atoms with Crippen LogP contribution in [0.4, 0.5) is 0 Å². The second-order valence-electron chi connectivity index (χ2n) is 32.6. The standard InChI is InChI=1S/C16H27BO2S.C14H17BO2S.C11H19BOS.C10H15BO2S.C10H15BrS.C9H8S.C8H7BO2S.C6H5Br.C4H5BO2S.C4H3BrS.3CH4/c1-6-7-8-9-10-13-11-14(20-12-13)17-18-15(2,3)16(4,5)19-17;1-13(2)14(3,4)17-15(16-13)12-9-10-7-5-6-8-11(10)18-12;1-3-4-5-6-7-10-8-11(12(2)13)14-9-10;1-9(2)10(3,4)13-11(12-9)8-6-5-7-14-8;1-2-3-4-5-6-9-7-10(11)12-8-9;1-7-6-8-4-2-3-5-9(8)10-7;10-9(11)8-5-6-3-1-2-4-7(6)12-8;7-6-4-2-1-3-5-6;6-5(7)4-2-1-3-8-4;5-4-2-1-3-6-4;;;/h11-12H,6-10H2,1-5H3;5-9H,1-4H3;8-9,13H,3-7H2,1-2H3;5-7H,1-4H3;7-8H,2-6H2,1H3;2-6H,1H3;1-5,10-11H;1-5H;1-3,6-7H;1-3H;3*1H4. The van der Waals surface area contributed by atoms with Gasteiger partial charge in [0.15, 0.2) is 0 Å². The van der Waals surface area contributed by atoms with Crippen molar-refractivity contribution in [2.75, 3.05) is 0 Å². The molecule has 0 radical (unpaired) electrons. The molecule has 0 atom stereocenters. The molecule has 3 fully saturated rings. The second kappa shape index (κ2) is 56.3. The van der Waals surface area contributed by atoms with Gasteiger partial charge < -0.3 is 53.0 Å². The Kier molecular flexibility index (Phi) is 51.1. The molecule has 29 heteroatoms. The molecule has 0 aliphatic carbocycles. The number of fused-ring (bicyclic) bond motifs is 3. The van der Waals surface area contributed by atoms with Crippen LogP contribution in [0.25, 0.3) is 30.3 Å². The van der Waals surface area contributed by atoms with E-state index < -0.39 is 14.2 Å². The smallest absolute Gasteiger partial charge is 0.446 e. The largest absolute Gasteiger partial charge is 0.505 e. The van der Waals surface area contributed by atoms with Gasteiger partial charge in [0.2, 0.25) is 0 Å². The van der Waals surface area contributed by atoms with Crippen LogP contribution >= 0.6 is 150 Å². The van der Waals surface area contributed by atoms with E-state index in [1.54, 1.807) is 91.6 Å². The average molecular weight is 2040 g/mol. The monoisotopic (exact) mass is 2040 g/mol. The van der Waals surface area contributed by atoms with E-state index >= 15 is 0 Å². The van der Waals surface area contributed by atoms with Crippen LogP contribution in [0.3, 0.4) is 0 Å². The highest BCUT2D eigenvalue weighted by molar-refractivity contribution is 9.11. The third-order valence-electron chi connectivity index (χ3n) is 21.0. The molecule has 16 rings (SSSR count). The summed E-state index contributed by atoms with van der Waals surface area (Å²) in [6, 6.07) is 59.0. The zero-order chi connectivity index (χ0) is 88.4. The van der Waals surface area contributed by atoms with Crippen molar-refractivity contribution in [2.45, 2.75) is 270 Å². The molecule has 0 amide bonds. The van der Waals surface area contributed by atoms with Crippen LogP contribution in [0.15, 0.2) is 220 Å². The zero-order valence-corrected chi connectivity index (χ0v) is 85.4. The summed E-state index contributed by atoms with van der Waals surface area (Å²) in [5, 5.41) is 60.3.